The van der Waals surface area contributed by atoms with Crippen LogP contribution in [0.25, 0.3) is 0 Å². The SMILES string of the molecule is c1ccc2c(c1)N1CCOCCN3CN(CCOCCN2C1)c1ccccc13. The van der Waals surface area contributed by atoms with Gasteiger partial charge in [-0.1, -0.05) is 24.3 Å². The summed E-state index contributed by atoms with van der Waals surface area (Å²) >= 11 is 0. The zero-order valence-electron chi connectivity index (χ0n) is 16.3. The smallest absolute Gasteiger partial charge is 0.0906 e. The zero-order chi connectivity index (χ0) is 18.8. The van der Waals surface area contributed by atoms with E-state index in [1.165, 1.54) is 22.7 Å². The van der Waals surface area contributed by atoms with Crippen molar-refractivity contribution in [3.05, 3.63) is 48.5 Å². The maximum Gasteiger partial charge on any atom is 0.0906 e. The normalized spacial score (nSPS) is 20.3. The van der Waals surface area contributed by atoms with Crippen LogP contribution >= 0.6 is 0 Å². The molecule has 5 rings (SSSR count). The van der Waals surface area contributed by atoms with E-state index in [1.807, 2.05) is 0 Å². The molecule has 0 aromatic heterocycles. The van der Waals surface area contributed by atoms with Crippen molar-refractivity contribution >= 4 is 22.7 Å². The van der Waals surface area contributed by atoms with Crippen LogP contribution in [0.2, 0.25) is 0 Å². The Balaban J connectivity index is 1.29. The molecule has 0 saturated carbocycles. The van der Waals surface area contributed by atoms with E-state index in [1.54, 1.807) is 0 Å². The van der Waals surface area contributed by atoms with Crippen LogP contribution in [0.5, 0.6) is 0 Å². The number of ether oxygens (including phenoxy) is 2. The Hall–Kier alpha value is -2.44. The lowest BCUT2D eigenvalue weighted by molar-refractivity contribution is 0.141. The summed E-state index contributed by atoms with van der Waals surface area (Å²) in [6, 6.07) is 17.3. The second-order valence-corrected chi connectivity index (χ2v) is 7.54. The van der Waals surface area contributed by atoms with E-state index in [9.17, 15) is 0 Å². The van der Waals surface area contributed by atoms with E-state index in [0.29, 0.717) is 0 Å². The number of hydrogen-bond donors (Lipinski definition) is 0. The average molecular weight is 380 g/mol. The lowest BCUT2D eigenvalue weighted by Gasteiger charge is -2.24. The summed E-state index contributed by atoms with van der Waals surface area (Å²) in [4.78, 5) is 9.64. The van der Waals surface area contributed by atoms with E-state index in [0.717, 1.165) is 65.9 Å². The van der Waals surface area contributed by atoms with Crippen molar-refractivity contribution in [2.45, 2.75) is 0 Å². The first-order chi connectivity index (χ1) is 13.9. The second-order valence-electron chi connectivity index (χ2n) is 7.54. The standard InChI is InChI=1S/C22H28N4O2/c1-2-6-20-19(5-1)23-9-13-27-15-11-25-18-26(22-8-4-3-7-21(22)25)12-16-28-14-10-24(20)17-23/h1-8H,9-18H2. The molecule has 1 fully saturated rings. The van der Waals surface area contributed by atoms with Gasteiger partial charge in [0.05, 0.1) is 62.5 Å². The van der Waals surface area contributed by atoms with Crippen LogP contribution in [0.4, 0.5) is 22.7 Å². The maximum atomic E-state index is 6.02. The highest BCUT2D eigenvalue weighted by Gasteiger charge is 2.26. The number of para-hydroxylation sites is 4. The molecule has 148 valence electrons. The van der Waals surface area contributed by atoms with E-state index in [2.05, 4.69) is 68.1 Å². The quantitative estimate of drug-likeness (QED) is 0.698. The van der Waals surface area contributed by atoms with Gasteiger partial charge in [0.2, 0.25) is 0 Å². The van der Waals surface area contributed by atoms with E-state index in [4.69, 9.17) is 9.47 Å². The minimum Gasteiger partial charge on any atom is -0.378 e. The molecular formula is C22H28N4O2. The number of nitrogens with zero attached hydrogens (tertiary/aromatic N) is 4. The third-order valence-corrected chi connectivity index (χ3v) is 5.83. The largest absolute Gasteiger partial charge is 0.378 e. The van der Waals surface area contributed by atoms with E-state index in [-0.39, 0.29) is 0 Å². The average Bonchev–Trinajstić information content (AvgIpc) is 3.26. The van der Waals surface area contributed by atoms with Gasteiger partial charge in [-0.05, 0) is 24.3 Å². The molecule has 0 radical (unpaired) electrons. The van der Waals surface area contributed by atoms with Crippen LogP contribution in [0, 0.1) is 0 Å². The van der Waals surface area contributed by atoms with Crippen LogP contribution in [0.1, 0.15) is 0 Å². The highest BCUT2D eigenvalue weighted by molar-refractivity contribution is 5.77. The summed E-state index contributed by atoms with van der Waals surface area (Å²) in [5.41, 5.74) is 5.22. The summed E-state index contributed by atoms with van der Waals surface area (Å²) in [6.07, 6.45) is 0. The van der Waals surface area contributed by atoms with Gasteiger partial charge < -0.3 is 29.1 Å². The molecule has 0 spiro atoms. The van der Waals surface area contributed by atoms with Crippen molar-refractivity contribution in [1.82, 2.24) is 0 Å². The molecule has 0 amide bonds. The molecule has 28 heavy (non-hydrogen) atoms. The fourth-order valence-electron chi connectivity index (χ4n) is 4.38. The van der Waals surface area contributed by atoms with Gasteiger partial charge in [0, 0.05) is 26.2 Å². The van der Waals surface area contributed by atoms with Crippen molar-refractivity contribution in [1.29, 1.82) is 0 Å². The molecule has 6 heteroatoms. The zero-order valence-corrected chi connectivity index (χ0v) is 16.3. The van der Waals surface area contributed by atoms with Gasteiger partial charge in [-0.15, -0.1) is 0 Å². The van der Waals surface area contributed by atoms with Crippen LogP contribution in [0.3, 0.4) is 0 Å². The van der Waals surface area contributed by atoms with Gasteiger partial charge in [0.15, 0.2) is 0 Å². The molecule has 0 aliphatic carbocycles. The van der Waals surface area contributed by atoms with Gasteiger partial charge in [0.25, 0.3) is 0 Å². The Kier molecular flexibility index (Phi) is 4.97. The van der Waals surface area contributed by atoms with Crippen LogP contribution in [-0.4, -0.2) is 65.9 Å². The molecule has 0 N–H and O–H groups in total. The van der Waals surface area contributed by atoms with Gasteiger partial charge in [0.1, 0.15) is 0 Å². The van der Waals surface area contributed by atoms with Crippen molar-refractivity contribution in [2.75, 3.05) is 85.5 Å². The Morgan fingerprint density at radius 3 is 1.04 bits per heavy atom. The lowest BCUT2D eigenvalue weighted by atomic mass is 10.2. The van der Waals surface area contributed by atoms with Crippen molar-refractivity contribution in [3.8, 4) is 0 Å². The van der Waals surface area contributed by atoms with Crippen LogP contribution < -0.4 is 19.6 Å². The molecule has 4 bridgehead atoms. The fourth-order valence-corrected chi connectivity index (χ4v) is 4.38. The van der Waals surface area contributed by atoms with Gasteiger partial charge in [-0.25, -0.2) is 0 Å². The number of anilines is 4. The Morgan fingerprint density at radius 1 is 0.464 bits per heavy atom. The van der Waals surface area contributed by atoms with E-state index < -0.39 is 0 Å². The Labute approximate surface area is 166 Å². The van der Waals surface area contributed by atoms with E-state index >= 15 is 0 Å². The number of fused-ring (bicyclic) bond motifs is 10. The second kappa shape index (κ2) is 7.89. The molecule has 0 atom stereocenters. The maximum absolute atomic E-state index is 6.02. The topological polar surface area (TPSA) is 31.4 Å². The summed E-state index contributed by atoms with van der Waals surface area (Å²) in [5.74, 6) is 0. The summed E-state index contributed by atoms with van der Waals surface area (Å²) < 4.78 is 12.0. The fraction of sp³-hybridized carbons (Fsp3) is 0.455. The lowest BCUT2D eigenvalue weighted by Crippen LogP contribution is -2.37. The first-order valence-electron chi connectivity index (χ1n) is 10.2. The minimum atomic E-state index is 0.748. The molecule has 6 nitrogen and oxygen atoms in total. The predicted octanol–water partition coefficient (Wildman–Crippen LogP) is 2.60. The van der Waals surface area contributed by atoms with Gasteiger partial charge >= 0.3 is 0 Å². The van der Waals surface area contributed by atoms with Gasteiger partial charge in [-0.3, -0.25) is 0 Å². The highest BCUT2D eigenvalue weighted by atomic mass is 16.5. The number of benzene rings is 2. The molecule has 2 aromatic rings. The minimum absolute atomic E-state index is 0.748. The summed E-state index contributed by atoms with van der Waals surface area (Å²) in [6.45, 7) is 8.47. The number of hydrogen-bond acceptors (Lipinski definition) is 6. The summed E-state index contributed by atoms with van der Waals surface area (Å²) in [7, 11) is 0. The molecule has 3 aliphatic rings. The van der Waals surface area contributed by atoms with Crippen molar-refractivity contribution in [2.24, 2.45) is 0 Å². The monoisotopic (exact) mass is 380 g/mol. The Bertz CT molecular complexity index is 685. The first kappa shape index (κ1) is 17.6. The predicted molar refractivity (Wildman–Crippen MR) is 114 cm³/mol. The van der Waals surface area contributed by atoms with Crippen LogP contribution in [-0.2, 0) is 9.47 Å². The van der Waals surface area contributed by atoms with Crippen molar-refractivity contribution in [3.63, 3.8) is 0 Å². The highest BCUT2D eigenvalue weighted by Crippen LogP contribution is 2.36. The molecule has 3 heterocycles. The summed E-state index contributed by atoms with van der Waals surface area (Å²) in [5, 5.41) is 0. The molecule has 2 aromatic carbocycles. The van der Waals surface area contributed by atoms with Crippen molar-refractivity contribution < 1.29 is 9.47 Å². The first-order valence-corrected chi connectivity index (χ1v) is 10.2. The molecule has 0 unspecified atom stereocenters. The molecular weight excluding hydrogens is 352 g/mol. The molecule has 3 aliphatic heterocycles. The molecule has 1 saturated heterocycles. The number of rotatable bonds is 0. The third kappa shape index (κ3) is 3.38. The Morgan fingerprint density at radius 2 is 0.750 bits per heavy atom. The third-order valence-electron chi connectivity index (χ3n) is 5.83. The van der Waals surface area contributed by atoms with Crippen LogP contribution in [0.15, 0.2) is 48.5 Å². The van der Waals surface area contributed by atoms with Gasteiger partial charge in [-0.2, -0.15) is 0 Å².